The highest BCUT2D eigenvalue weighted by Gasteiger charge is 2.68. The Balaban J connectivity index is 2.03. The highest BCUT2D eigenvalue weighted by Crippen LogP contribution is 2.55. The molecule has 1 aliphatic carbocycles. The number of halogens is 2. The van der Waals surface area contributed by atoms with Crippen LogP contribution in [0.15, 0.2) is 53.4 Å². The fourth-order valence-electron chi connectivity index (χ4n) is 3.09. The Labute approximate surface area is 145 Å². The van der Waals surface area contributed by atoms with Gasteiger partial charge >= 0.3 is 0 Å². The summed E-state index contributed by atoms with van der Waals surface area (Å²) in [6.07, 6.45) is 0. The van der Waals surface area contributed by atoms with Crippen molar-refractivity contribution in [1.82, 2.24) is 0 Å². The van der Waals surface area contributed by atoms with Gasteiger partial charge in [-0.25, -0.2) is 8.42 Å². The average molecular weight is 371 g/mol. The number of nitrogens with two attached hydrogens (primary N) is 2. The van der Waals surface area contributed by atoms with Gasteiger partial charge in [0.15, 0.2) is 9.84 Å². The van der Waals surface area contributed by atoms with Gasteiger partial charge in [-0.2, -0.15) is 0 Å². The predicted molar refractivity (Wildman–Crippen MR) is 92.6 cm³/mol. The number of hydrogen-bond donors (Lipinski definition) is 2. The van der Waals surface area contributed by atoms with Crippen LogP contribution in [0.1, 0.15) is 11.5 Å². The lowest BCUT2D eigenvalue weighted by Gasteiger charge is -2.09. The van der Waals surface area contributed by atoms with Crippen LogP contribution in [0.2, 0.25) is 10.0 Å². The normalized spacial score (nSPS) is 27.0. The first-order valence-corrected chi connectivity index (χ1v) is 9.35. The molecule has 3 atom stereocenters. The summed E-state index contributed by atoms with van der Waals surface area (Å²) in [5.41, 5.74) is 11.9. The SMILES string of the molecule is NCC1(N)C(c2cccc(Cl)c2)C1S(=O)(=O)c1ccc(Cl)cc1. The summed E-state index contributed by atoms with van der Waals surface area (Å²) >= 11 is 11.8. The molecule has 0 aliphatic heterocycles. The first kappa shape index (κ1) is 16.7. The van der Waals surface area contributed by atoms with E-state index in [-0.39, 0.29) is 17.4 Å². The molecule has 0 amide bonds. The van der Waals surface area contributed by atoms with Crippen LogP contribution in [0.4, 0.5) is 0 Å². The zero-order valence-corrected chi connectivity index (χ0v) is 14.4. The summed E-state index contributed by atoms with van der Waals surface area (Å²) in [5.74, 6) is -0.383. The van der Waals surface area contributed by atoms with Crippen molar-refractivity contribution in [3.63, 3.8) is 0 Å². The molecule has 0 spiro atoms. The minimum absolute atomic E-state index is 0.0711. The molecule has 2 aromatic rings. The van der Waals surface area contributed by atoms with Crippen molar-refractivity contribution >= 4 is 33.0 Å². The van der Waals surface area contributed by atoms with Crippen molar-refractivity contribution in [1.29, 1.82) is 0 Å². The van der Waals surface area contributed by atoms with Gasteiger partial charge in [-0.05, 0) is 42.0 Å². The predicted octanol–water partition coefficient (Wildman–Crippen LogP) is 2.59. The molecule has 122 valence electrons. The molecule has 4 nitrogen and oxygen atoms in total. The second kappa shape index (κ2) is 5.76. The molecule has 7 heteroatoms. The van der Waals surface area contributed by atoms with Gasteiger partial charge in [0.25, 0.3) is 0 Å². The van der Waals surface area contributed by atoms with Crippen LogP contribution >= 0.6 is 23.2 Å². The summed E-state index contributed by atoms with van der Waals surface area (Å²) in [7, 11) is -3.62. The third kappa shape index (κ3) is 2.77. The molecular formula is C16H16Cl2N2O2S. The summed E-state index contributed by atoms with van der Waals surface area (Å²) in [6.45, 7) is 0.0711. The van der Waals surface area contributed by atoms with E-state index in [1.54, 1.807) is 30.3 Å². The topological polar surface area (TPSA) is 86.2 Å². The van der Waals surface area contributed by atoms with Gasteiger partial charge in [0.2, 0.25) is 0 Å². The number of sulfone groups is 1. The largest absolute Gasteiger partial charge is 0.329 e. The molecule has 3 rings (SSSR count). The van der Waals surface area contributed by atoms with E-state index in [2.05, 4.69) is 0 Å². The van der Waals surface area contributed by atoms with Gasteiger partial charge in [-0.15, -0.1) is 0 Å². The zero-order valence-electron chi connectivity index (χ0n) is 12.1. The van der Waals surface area contributed by atoms with E-state index >= 15 is 0 Å². The van der Waals surface area contributed by atoms with Gasteiger partial charge in [0.05, 0.1) is 15.7 Å². The van der Waals surface area contributed by atoms with Crippen molar-refractivity contribution in [3.8, 4) is 0 Å². The summed E-state index contributed by atoms with van der Waals surface area (Å²) in [5, 5.41) is 0.236. The number of hydrogen-bond acceptors (Lipinski definition) is 4. The second-order valence-corrected chi connectivity index (χ2v) is 8.71. The van der Waals surface area contributed by atoms with E-state index in [0.717, 1.165) is 5.56 Å². The fraction of sp³-hybridized carbons (Fsp3) is 0.250. The van der Waals surface area contributed by atoms with E-state index in [0.29, 0.717) is 10.0 Å². The highest BCUT2D eigenvalue weighted by molar-refractivity contribution is 7.92. The average Bonchev–Trinajstić information content (AvgIpc) is 3.15. The van der Waals surface area contributed by atoms with E-state index in [9.17, 15) is 8.42 Å². The Bertz CT molecular complexity index is 839. The Morgan fingerprint density at radius 1 is 1.04 bits per heavy atom. The third-order valence-corrected chi connectivity index (χ3v) is 7.14. The summed E-state index contributed by atoms with van der Waals surface area (Å²) in [4.78, 5) is 0.194. The van der Waals surface area contributed by atoms with Gasteiger partial charge in [-0.3, -0.25) is 0 Å². The van der Waals surface area contributed by atoms with E-state index in [1.807, 2.05) is 6.07 Å². The smallest absolute Gasteiger partial charge is 0.183 e. The molecule has 1 aliphatic rings. The molecule has 1 saturated carbocycles. The van der Waals surface area contributed by atoms with Crippen LogP contribution in [0.5, 0.6) is 0 Å². The third-order valence-electron chi connectivity index (χ3n) is 4.34. The standard InChI is InChI=1S/C16H16Cl2N2O2S/c17-11-4-6-13(7-5-11)23(21,22)15-14(16(15,20)9-19)10-2-1-3-12(18)8-10/h1-8,14-15H,9,19-20H2. The second-order valence-electron chi connectivity index (χ2n) is 5.77. The molecule has 23 heavy (non-hydrogen) atoms. The van der Waals surface area contributed by atoms with Crippen molar-refractivity contribution in [3.05, 3.63) is 64.1 Å². The molecule has 0 bridgehead atoms. The Kier molecular flexibility index (Phi) is 4.19. The van der Waals surface area contributed by atoms with Gasteiger partial charge < -0.3 is 11.5 Å². The Morgan fingerprint density at radius 3 is 2.26 bits per heavy atom. The molecular weight excluding hydrogens is 355 g/mol. The van der Waals surface area contributed by atoms with Crippen LogP contribution in [0.3, 0.4) is 0 Å². The van der Waals surface area contributed by atoms with Crippen LogP contribution < -0.4 is 11.5 Å². The van der Waals surface area contributed by atoms with Gasteiger partial charge in [0.1, 0.15) is 0 Å². The van der Waals surface area contributed by atoms with Crippen molar-refractivity contribution in [2.24, 2.45) is 11.5 Å². The maximum absolute atomic E-state index is 12.9. The molecule has 0 saturated heterocycles. The monoisotopic (exact) mass is 370 g/mol. The van der Waals surface area contributed by atoms with Gasteiger partial charge in [-0.1, -0.05) is 35.3 Å². The molecule has 0 radical (unpaired) electrons. The molecule has 2 aromatic carbocycles. The lowest BCUT2D eigenvalue weighted by molar-refractivity contribution is 0.586. The molecule has 3 unspecified atom stereocenters. The van der Waals surface area contributed by atoms with Crippen molar-refractivity contribution in [2.75, 3.05) is 6.54 Å². The lowest BCUT2D eigenvalue weighted by atomic mass is 10.1. The first-order chi connectivity index (χ1) is 10.8. The molecule has 4 N–H and O–H groups in total. The maximum atomic E-state index is 12.9. The number of benzene rings is 2. The molecule has 0 heterocycles. The summed E-state index contributed by atoms with van der Waals surface area (Å²) < 4.78 is 25.9. The van der Waals surface area contributed by atoms with Crippen molar-refractivity contribution in [2.45, 2.75) is 21.6 Å². The molecule has 0 aromatic heterocycles. The fourth-order valence-corrected chi connectivity index (χ4v) is 5.73. The lowest BCUT2D eigenvalue weighted by Crippen LogP contribution is -2.39. The Morgan fingerprint density at radius 2 is 1.70 bits per heavy atom. The minimum Gasteiger partial charge on any atom is -0.329 e. The molecule has 1 fully saturated rings. The highest BCUT2D eigenvalue weighted by atomic mass is 35.5. The number of rotatable bonds is 4. The first-order valence-electron chi connectivity index (χ1n) is 7.04. The van der Waals surface area contributed by atoms with Crippen LogP contribution in [-0.2, 0) is 9.84 Å². The maximum Gasteiger partial charge on any atom is 0.183 e. The van der Waals surface area contributed by atoms with Crippen LogP contribution in [-0.4, -0.2) is 25.8 Å². The van der Waals surface area contributed by atoms with E-state index in [4.69, 9.17) is 34.7 Å². The van der Waals surface area contributed by atoms with Crippen molar-refractivity contribution < 1.29 is 8.42 Å². The minimum atomic E-state index is -3.62. The van der Waals surface area contributed by atoms with Gasteiger partial charge in [0, 0.05) is 22.5 Å². The summed E-state index contributed by atoms with van der Waals surface area (Å²) in [6, 6.07) is 13.1. The van der Waals surface area contributed by atoms with Crippen LogP contribution in [0, 0.1) is 0 Å². The Hall–Kier alpha value is -1.11. The van der Waals surface area contributed by atoms with E-state index in [1.165, 1.54) is 12.1 Å². The van der Waals surface area contributed by atoms with Crippen LogP contribution in [0.25, 0.3) is 0 Å². The zero-order chi connectivity index (χ0) is 16.8. The van der Waals surface area contributed by atoms with E-state index < -0.39 is 20.6 Å². The quantitative estimate of drug-likeness (QED) is 0.865.